The Kier molecular flexibility index (Phi) is 3.70. The van der Waals surface area contributed by atoms with Gasteiger partial charge >= 0.3 is 0 Å². The molecule has 2 heterocycles. The quantitative estimate of drug-likeness (QED) is 0.693. The molecule has 1 N–H and O–H groups in total. The number of nitro benzene ring substituents is 1. The third-order valence-corrected chi connectivity index (χ3v) is 3.79. The second kappa shape index (κ2) is 5.65. The van der Waals surface area contributed by atoms with Crippen LogP contribution in [0.15, 0.2) is 24.4 Å². The summed E-state index contributed by atoms with van der Waals surface area (Å²) < 4.78 is 5.36. The van der Waals surface area contributed by atoms with E-state index in [2.05, 4.69) is 10.3 Å². The van der Waals surface area contributed by atoms with Crippen molar-refractivity contribution in [1.82, 2.24) is 4.98 Å². The van der Waals surface area contributed by atoms with Crippen LogP contribution in [-0.2, 0) is 4.74 Å². The van der Waals surface area contributed by atoms with Crippen LogP contribution in [0.1, 0.15) is 18.5 Å². The molecule has 0 saturated carbocycles. The highest BCUT2D eigenvalue weighted by Crippen LogP contribution is 2.32. The first-order chi connectivity index (χ1) is 10.1. The predicted octanol–water partition coefficient (Wildman–Crippen LogP) is 3.04. The fraction of sp³-hybridized carbons (Fsp3) is 0.400. The molecule has 1 aromatic heterocycles. The number of fused-ring (bicyclic) bond motifs is 1. The van der Waals surface area contributed by atoms with Crippen molar-refractivity contribution in [3.63, 3.8) is 0 Å². The molecule has 3 rings (SSSR count). The lowest BCUT2D eigenvalue weighted by molar-refractivity contribution is -0.383. The van der Waals surface area contributed by atoms with Crippen LogP contribution in [0, 0.1) is 17.0 Å². The van der Waals surface area contributed by atoms with Crippen LogP contribution in [-0.4, -0.2) is 29.2 Å². The monoisotopic (exact) mass is 287 g/mol. The van der Waals surface area contributed by atoms with Gasteiger partial charge in [0.2, 0.25) is 0 Å². The van der Waals surface area contributed by atoms with Gasteiger partial charge in [-0.25, -0.2) is 0 Å². The van der Waals surface area contributed by atoms with Gasteiger partial charge in [0.1, 0.15) is 0 Å². The van der Waals surface area contributed by atoms with Gasteiger partial charge in [-0.2, -0.15) is 0 Å². The second-order valence-electron chi connectivity index (χ2n) is 5.29. The van der Waals surface area contributed by atoms with Crippen molar-refractivity contribution >= 4 is 22.1 Å². The van der Waals surface area contributed by atoms with Gasteiger partial charge in [-0.15, -0.1) is 0 Å². The second-order valence-corrected chi connectivity index (χ2v) is 5.29. The van der Waals surface area contributed by atoms with E-state index in [9.17, 15) is 10.1 Å². The van der Waals surface area contributed by atoms with E-state index in [0.717, 1.165) is 42.8 Å². The van der Waals surface area contributed by atoms with Crippen molar-refractivity contribution in [3.8, 4) is 0 Å². The number of anilines is 1. The first kappa shape index (κ1) is 13.8. The molecule has 1 aromatic carbocycles. The molecule has 0 radical (unpaired) electrons. The van der Waals surface area contributed by atoms with E-state index in [0.29, 0.717) is 11.4 Å². The largest absolute Gasteiger partial charge is 0.382 e. The Hall–Kier alpha value is -2.21. The standard InChI is InChI=1S/C15H17N3O3/c1-10-8-12-13(9-16-10)15(18(19)20)3-2-14(12)17-11-4-6-21-7-5-11/h2-3,8-9,11,17H,4-7H2,1H3. The number of aromatic nitrogens is 1. The Morgan fingerprint density at radius 3 is 2.81 bits per heavy atom. The summed E-state index contributed by atoms with van der Waals surface area (Å²) in [5, 5.41) is 16.1. The van der Waals surface area contributed by atoms with Gasteiger partial charge in [0.05, 0.1) is 10.3 Å². The highest BCUT2D eigenvalue weighted by atomic mass is 16.6. The van der Waals surface area contributed by atoms with E-state index in [1.807, 2.05) is 13.0 Å². The fourth-order valence-corrected chi connectivity index (χ4v) is 2.68. The van der Waals surface area contributed by atoms with Crippen LogP contribution in [0.25, 0.3) is 10.8 Å². The summed E-state index contributed by atoms with van der Waals surface area (Å²) in [6.45, 7) is 3.39. The number of hydrogen-bond donors (Lipinski definition) is 1. The molecular weight excluding hydrogens is 270 g/mol. The Morgan fingerprint density at radius 1 is 1.33 bits per heavy atom. The zero-order valence-corrected chi connectivity index (χ0v) is 11.8. The maximum atomic E-state index is 11.1. The Labute approximate surface area is 122 Å². The number of non-ortho nitro benzene ring substituents is 1. The highest BCUT2D eigenvalue weighted by molar-refractivity contribution is 5.99. The van der Waals surface area contributed by atoms with Gasteiger partial charge in [-0.3, -0.25) is 15.1 Å². The molecule has 0 unspecified atom stereocenters. The summed E-state index contributed by atoms with van der Waals surface area (Å²) >= 11 is 0. The van der Waals surface area contributed by atoms with Gasteiger partial charge in [-0.05, 0) is 31.9 Å². The van der Waals surface area contributed by atoms with E-state index in [4.69, 9.17) is 4.74 Å². The molecule has 110 valence electrons. The molecule has 0 bridgehead atoms. The summed E-state index contributed by atoms with van der Waals surface area (Å²) in [7, 11) is 0. The van der Waals surface area contributed by atoms with Gasteiger partial charge in [-0.1, -0.05) is 0 Å². The predicted molar refractivity (Wildman–Crippen MR) is 80.6 cm³/mol. The maximum Gasteiger partial charge on any atom is 0.278 e. The van der Waals surface area contributed by atoms with Crippen molar-refractivity contribution in [1.29, 1.82) is 0 Å². The number of nitro groups is 1. The lowest BCUT2D eigenvalue weighted by atomic mass is 10.0. The van der Waals surface area contributed by atoms with Crippen LogP contribution >= 0.6 is 0 Å². The zero-order valence-electron chi connectivity index (χ0n) is 11.8. The number of pyridine rings is 1. The fourth-order valence-electron chi connectivity index (χ4n) is 2.68. The number of benzene rings is 1. The lowest BCUT2D eigenvalue weighted by Gasteiger charge is -2.24. The van der Waals surface area contributed by atoms with E-state index in [1.54, 1.807) is 18.3 Å². The van der Waals surface area contributed by atoms with Crippen LogP contribution in [0.4, 0.5) is 11.4 Å². The Balaban J connectivity index is 2.03. The molecule has 1 fully saturated rings. The average Bonchev–Trinajstić information content (AvgIpc) is 2.48. The minimum atomic E-state index is -0.364. The van der Waals surface area contributed by atoms with Gasteiger partial charge in [0.25, 0.3) is 5.69 Å². The van der Waals surface area contributed by atoms with Crippen LogP contribution < -0.4 is 5.32 Å². The molecule has 1 saturated heterocycles. The molecule has 6 nitrogen and oxygen atoms in total. The Morgan fingerprint density at radius 2 is 2.10 bits per heavy atom. The van der Waals surface area contributed by atoms with Crippen molar-refractivity contribution in [2.24, 2.45) is 0 Å². The topological polar surface area (TPSA) is 77.3 Å². The summed E-state index contributed by atoms with van der Waals surface area (Å²) in [4.78, 5) is 15.0. The molecular formula is C15H17N3O3. The third kappa shape index (κ3) is 2.80. The number of nitrogens with one attached hydrogen (secondary N) is 1. The molecule has 21 heavy (non-hydrogen) atoms. The molecule has 0 aliphatic carbocycles. The number of nitrogens with zero attached hydrogens (tertiary/aromatic N) is 2. The molecule has 1 aliphatic rings. The minimum Gasteiger partial charge on any atom is -0.382 e. The summed E-state index contributed by atoms with van der Waals surface area (Å²) in [6.07, 6.45) is 3.48. The van der Waals surface area contributed by atoms with E-state index < -0.39 is 0 Å². The average molecular weight is 287 g/mol. The smallest absolute Gasteiger partial charge is 0.278 e. The van der Waals surface area contributed by atoms with Gasteiger partial charge in [0.15, 0.2) is 0 Å². The van der Waals surface area contributed by atoms with E-state index >= 15 is 0 Å². The zero-order chi connectivity index (χ0) is 14.8. The number of aryl methyl sites for hydroxylation is 1. The summed E-state index contributed by atoms with van der Waals surface area (Å²) in [5.41, 5.74) is 1.86. The first-order valence-corrected chi connectivity index (χ1v) is 7.03. The van der Waals surface area contributed by atoms with Gasteiger partial charge < -0.3 is 10.1 Å². The molecule has 0 spiro atoms. The van der Waals surface area contributed by atoms with Crippen LogP contribution in [0.5, 0.6) is 0 Å². The first-order valence-electron chi connectivity index (χ1n) is 7.03. The third-order valence-electron chi connectivity index (χ3n) is 3.79. The lowest BCUT2D eigenvalue weighted by Crippen LogP contribution is -2.27. The van der Waals surface area contributed by atoms with Crippen molar-refractivity contribution in [2.45, 2.75) is 25.8 Å². The van der Waals surface area contributed by atoms with E-state index in [-0.39, 0.29) is 10.6 Å². The normalized spacial score (nSPS) is 16.0. The maximum absolute atomic E-state index is 11.1. The molecule has 2 aromatic rings. The number of hydrogen-bond acceptors (Lipinski definition) is 5. The SMILES string of the molecule is Cc1cc2c(NC3CCOCC3)ccc([N+](=O)[O-])c2cn1. The summed E-state index contributed by atoms with van der Waals surface area (Å²) in [6, 6.07) is 5.57. The molecule has 1 aliphatic heterocycles. The van der Waals surface area contributed by atoms with Gasteiger partial charge in [0, 0.05) is 48.3 Å². The Bertz CT molecular complexity index is 681. The highest BCUT2D eigenvalue weighted by Gasteiger charge is 2.18. The number of rotatable bonds is 3. The van der Waals surface area contributed by atoms with Crippen molar-refractivity contribution in [2.75, 3.05) is 18.5 Å². The molecule has 6 heteroatoms. The van der Waals surface area contributed by atoms with Crippen LogP contribution in [0.3, 0.4) is 0 Å². The summed E-state index contributed by atoms with van der Waals surface area (Å²) in [5.74, 6) is 0. The van der Waals surface area contributed by atoms with E-state index in [1.165, 1.54) is 0 Å². The van der Waals surface area contributed by atoms with Crippen molar-refractivity contribution < 1.29 is 9.66 Å². The molecule has 0 atom stereocenters. The number of ether oxygens (including phenoxy) is 1. The molecule has 0 amide bonds. The van der Waals surface area contributed by atoms with Crippen molar-refractivity contribution in [3.05, 3.63) is 40.2 Å². The van der Waals surface area contributed by atoms with Crippen LogP contribution in [0.2, 0.25) is 0 Å². The minimum absolute atomic E-state index is 0.0926.